The van der Waals surface area contributed by atoms with Crippen LogP contribution in [-0.2, 0) is 58.5 Å². The van der Waals surface area contributed by atoms with Crippen molar-refractivity contribution in [2.75, 3.05) is 12.3 Å². The summed E-state index contributed by atoms with van der Waals surface area (Å²) in [5.41, 5.74) is 6.11. The number of aliphatic hydroxyl groups is 2. The molecular weight excluding hydrogens is 954 g/mol. The van der Waals surface area contributed by atoms with Crippen LogP contribution in [0.25, 0.3) is 11.2 Å². The van der Waals surface area contributed by atoms with Gasteiger partial charge in [-0.05, 0) is 0 Å². The van der Waals surface area contributed by atoms with Crippen LogP contribution in [-0.4, -0.2) is 93.8 Å². The largest absolute Gasteiger partial charge is 1.00 e. The molecule has 54 heavy (non-hydrogen) atoms. The molecule has 0 amide bonds. The quantitative estimate of drug-likeness (QED) is 0.0695. The van der Waals surface area contributed by atoms with Crippen LogP contribution in [0.4, 0.5) is 5.82 Å². The summed E-state index contributed by atoms with van der Waals surface area (Å²) >= 11 is 0. The molecule has 3 heterocycles. The van der Waals surface area contributed by atoms with Gasteiger partial charge >= 0.3 is 179 Å². The van der Waals surface area contributed by atoms with Crippen molar-refractivity contribution in [3.05, 3.63) is 12.7 Å². The Morgan fingerprint density at radius 2 is 1.17 bits per heavy atom. The number of anilines is 1. The summed E-state index contributed by atoms with van der Waals surface area (Å²) in [7, 11) is -38.1. The molecule has 0 saturated carbocycles. The van der Waals surface area contributed by atoms with Crippen molar-refractivity contribution in [1.29, 1.82) is 0 Å². The van der Waals surface area contributed by atoms with Crippen molar-refractivity contribution in [3.63, 3.8) is 0 Å². The molecule has 0 spiro atoms. The fourth-order valence-electron chi connectivity index (χ4n) is 2.88. The van der Waals surface area contributed by atoms with Gasteiger partial charge in [0.1, 0.15) is 30.2 Å². The van der Waals surface area contributed by atoms with Gasteiger partial charge < -0.3 is 84.0 Å². The number of fused-ring (bicyclic) bond motifs is 1. The van der Waals surface area contributed by atoms with Crippen molar-refractivity contribution >= 4 is 71.7 Å². The normalized spacial score (nSPS) is 21.8. The molecule has 1 aliphatic rings. The number of phosphoric ester groups is 1. The number of hydrogen-bond donors (Lipinski definition) is 11. The van der Waals surface area contributed by atoms with Crippen molar-refractivity contribution < 1.29 is 275 Å². The van der Waals surface area contributed by atoms with Crippen LogP contribution >= 0.6 is 54.8 Å². The van der Waals surface area contributed by atoms with E-state index in [0.717, 1.165) is 6.33 Å². The van der Waals surface area contributed by atoms with Gasteiger partial charge in [0.05, 0.1) is 20.8 Å². The maximum atomic E-state index is 11.5. The van der Waals surface area contributed by atoms with Crippen LogP contribution in [0.5, 0.6) is 0 Å². The van der Waals surface area contributed by atoms with E-state index in [0.29, 0.717) is 0 Å². The average Bonchev–Trinajstić information content (AvgIpc) is 3.33. The van der Waals surface area contributed by atoms with Crippen molar-refractivity contribution in [1.82, 2.24) is 19.5 Å². The maximum absolute atomic E-state index is 11.5. The Morgan fingerprint density at radius 1 is 0.704 bits per heavy atom. The first kappa shape index (κ1) is 67.2. The zero-order valence-electron chi connectivity index (χ0n) is 27.6. The minimum Gasteiger partial charge on any atom is -0.790 e. The fraction of sp³-hybridized carbons (Fsp3) is 0.500. The first-order valence-corrected chi connectivity index (χ1v) is 21.4. The Morgan fingerprint density at radius 3 is 1.56 bits per heavy atom. The van der Waals surface area contributed by atoms with E-state index in [-0.39, 0.29) is 165 Å². The average molecular weight is 974 g/mol. The van der Waals surface area contributed by atoms with Gasteiger partial charge in [-0.1, -0.05) is 0 Å². The van der Waals surface area contributed by atoms with Crippen LogP contribution in [0.1, 0.15) is 6.23 Å². The van der Waals surface area contributed by atoms with Gasteiger partial charge in [-0.15, -0.1) is 0 Å². The molecule has 2 aromatic rings. The molecule has 44 heteroatoms. The maximum Gasteiger partial charge on any atom is 1.00 e. The van der Waals surface area contributed by atoms with E-state index >= 15 is 0 Å². The van der Waals surface area contributed by atoms with Crippen molar-refractivity contribution in [2.45, 2.75) is 24.5 Å². The van der Waals surface area contributed by atoms with Crippen molar-refractivity contribution in [3.8, 4) is 0 Å². The Hall–Kier alpha value is 4.16. The Labute approximate surface area is 410 Å². The third-order valence-corrected chi connectivity index (χ3v) is 11.3. The van der Waals surface area contributed by atoms with E-state index in [2.05, 4.69) is 36.7 Å². The molecule has 7 atom stereocenters. The number of hydrogen-bond acceptors (Lipinski definition) is 23. The molecular formula is C10H20N5Na5O27P7+. The summed E-state index contributed by atoms with van der Waals surface area (Å²) in [6.07, 6.45) is -3.20. The molecule has 3 rings (SSSR count). The number of aliphatic hydroxyl groups excluding tert-OH is 2. The third-order valence-electron chi connectivity index (χ3n) is 4.23. The van der Waals surface area contributed by atoms with E-state index in [1.165, 1.54) is 10.9 Å². The minimum atomic E-state index is -5.95. The summed E-state index contributed by atoms with van der Waals surface area (Å²) < 4.78 is 94.0. The zero-order valence-corrected chi connectivity index (χ0v) is 43.8. The molecule has 286 valence electrons. The van der Waals surface area contributed by atoms with Gasteiger partial charge in [0.15, 0.2) is 17.7 Å². The molecule has 4 unspecified atom stereocenters. The molecule has 1 fully saturated rings. The number of aromatic nitrogens is 4. The van der Waals surface area contributed by atoms with Crippen LogP contribution < -0.4 is 173 Å². The number of rotatable bonds is 12. The molecule has 1 saturated heterocycles. The van der Waals surface area contributed by atoms with Crippen molar-refractivity contribution in [2.24, 2.45) is 0 Å². The smallest absolute Gasteiger partial charge is 0.790 e. The fourth-order valence-corrected chi connectivity index (χ4v) is 7.97. The van der Waals surface area contributed by atoms with E-state index in [9.17, 15) is 66.6 Å². The summed E-state index contributed by atoms with van der Waals surface area (Å²) in [6.45, 7) is -0.813. The van der Waals surface area contributed by atoms with E-state index in [1.807, 2.05) is 0 Å². The first-order chi connectivity index (χ1) is 21.6. The second kappa shape index (κ2) is 26.7. The van der Waals surface area contributed by atoms with E-state index in [1.54, 1.807) is 0 Å². The Kier molecular flexibility index (Phi) is 33.3. The number of phosphoric acid groups is 7. The van der Waals surface area contributed by atoms with E-state index in [4.69, 9.17) is 44.7 Å². The molecule has 1 aliphatic heterocycles. The summed E-state index contributed by atoms with van der Waals surface area (Å²) in [5.74, 6) is 0.0856. The molecule has 32 nitrogen and oxygen atoms in total. The van der Waals surface area contributed by atoms with Crippen LogP contribution in [0.2, 0.25) is 0 Å². The summed E-state index contributed by atoms with van der Waals surface area (Å²) in [5, 5.41) is 20.3. The van der Waals surface area contributed by atoms with Gasteiger partial charge in [-0.2, -0.15) is 8.62 Å². The number of ether oxygens (including phenoxy) is 1. The Balaban J connectivity index is -0.000000252. The van der Waals surface area contributed by atoms with Gasteiger partial charge in [0.2, 0.25) is 0 Å². The number of nitrogens with zero attached hydrogens (tertiary/aromatic N) is 4. The molecule has 2 aromatic heterocycles. The first-order valence-electron chi connectivity index (χ1n) is 10.9. The predicted octanol–water partition coefficient (Wildman–Crippen LogP) is -20.8. The summed E-state index contributed by atoms with van der Waals surface area (Å²) in [4.78, 5) is 116. The van der Waals surface area contributed by atoms with Crippen LogP contribution in [0, 0.1) is 0 Å². The van der Waals surface area contributed by atoms with Crippen LogP contribution in [0.15, 0.2) is 12.7 Å². The number of imidazole rings is 1. The van der Waals surface area contributed by atoms with Gasteiger partial charge in [0, 0.05) is 0 Å². The second-order valence-corrected chi connectivity index (χ2v) is 17.5. The monoisotopic (exact) mass is 974 g/mol. The van der Waals surface area contributed by atoms with E-state index < -0.39 is 85.9 Å². The van der Waals surface area contributed by atoms with Crippen LogP contribution in [0.3, 0.4) is 0 Å². The molecule has 0 aromatic carbocycles. The molecule has 0 radical (unpaired) electrons. The van der Waals surface area contributed by atoms with Gasteiger partial charge in [-0.3, -0.25) is 22.5 Å². The molecule has 0 aliphatic carbocycles. The number of nitrogens with two attached hydrogens (primary N) is 1. The third kappa shape index (κ3) is 28.7. The topological polar surface area (TPSA) is 539 Å². The number of nitrogen functional groups attached to an aromatic ring is 1. The molecule has 12 N–H and O–H groups in total. The second-order valence-electron chi connectivity index (χ2n) is 8.05. The SMILES string of the molecule is Nc1ncnc2c1ncn2[C@@H]1O[C@H](COP(=O)(O)OP(=O)(O)O)[C@H](O)C1O.O=P(O)(O)OP(=O)(O)O.O=P([O-])([O-])OP(=O)([O-])OP(=O)([O-])O.[Na+].[Na+].[Na+].[Na+].[Na+]. The standard InChI is InChI=1S/C10H15N5O10P2.5Na.H5O10P3.H4O7P2/c11-8-5-9(13-2-12-8)15(3-14-5)10-7(17)6(16)4(24-10)1-23-27(21,22)25-26(18,19)20;;;;;;1-11(2,3)9-13(7,8)10-12(4,5)6;1-8(2,3)7-9(4,5)6/h2-4,6-7,10,16-17H,1H2,(H,21,22)(H2,11,12,13)(H2,18,19,20);;;;;;(H,7,8)(H2,1,2,3)(H2,4,5,6);(H2,1,2,3)(H2,4,5,6)/q;5*+1;;/p-4/t4-,6+,7?,10-;;;;;;;/m1......./s1. The Bertz CT molecular complexity index is 1750. The zero-order chi connectivity index (χ0) is 38.6. The van der Waals surface area contributed by atoms with Gasteiger partial charge in [-0.25, -0.2) is 37.5 Å². The molecule has 0 bridgehead atoms. The minimum absolute atomic E-state index is 0. The van der Waals surface area contributed by atoms with Gasteiger partial charge in [0.25, 0.3) is 15.6 Å². The predicted molar refractivity (Wildman–Crippen MR) is 137 cm³/mol. The summed E-state index contributed by atoms with van der Waals surface area (Å²) in [6, 6.07) is 0.